The molecule has 0 heterocycles. The van der Waals surface area contributed by atoms with Crippen LogP contribution in [0.2, 0.25) is 0 Å². The first-order chi connectivity index (χ1) is 7.95. The van der Waals surface area contributed by atoms with Gasteiger partial charge in [0.15, 0.2) is 0 Å². The van der Waals surface area contributed by atoms with E-state index in [0.717, 1.165) is 12.1 Å². The number of hydrogen-bond donors (Lipinski definition) is 3. The van der Waals surface area contributed by atoms with Gasteiger partial charge in [-0.05, 0) is 12.1 Å². The van der Waals surface area contributed by atoms with E-state index in [1.165, 1.54) is 0 Å². The number of rotatable bonds is 4. The summed E-state index contributed by atoms with van der Waals surface area (Å²) in [6, 6.07) is 1.17. The van der Waals surface area contributed by atoms with Gasteiger partial charge in [-0.25, -0.2) is 13.6 Å². The third-order valence-corrected chi connectivity index (χ3v) is 2.33. The van der Waals surface area contributed by atoms with E-state index >= 15 is 0 Å². The first kappa shape index (κ1) is 13.4. The lowest BCUT2D eigenvalue weighted by molar-refractivity contribution is -0.138. The molecular formula is C10H9F2NO3S. The Morgan fingerprint density at radius 2 is 2.06 bits per heavy atom. The number of aliphatic carboxylic acids is 1. The second-order valence-corrected chi connectivity index (χ2v) is 3.54. The average molecular weight is 261 g/mol. The second kappa shape index (κ2) is 5.62. The molecule has 4 nitrogen and oxygen atoms in total. The maximum Gasteiger partial charge on any atom is 0.327 e. The highest BCUT2D eigenvalue weighted by Crippen LogP contribution is 2.09. The minimum atomic E-state index is -1.28. The molecule has 0 aliphatic heterocycles. The van der Waals surface area contributed by atoms with Crippen molar-refractivity contribution in [2.45, 2.75) is 6.04 Å². The number of carbonyl (C=O) groups excluding carboxylic acids is 1. The molecule has 2 N–H and O–H groups in total. The molecule has 92 valence electrons. The number of benzene rings is 1. The molecular weight excluding hydrogens is 252 g/mol. The number of amides is 1. The van der Waals surface area contributed by atoms with E-state index in [2.05, 4.69) is 17.9 Å². The third kappa shape index (κ3) is 3.42. The van der Waals surface area contributed by atoms with Crippen LogP contribution in [0.15, 0.2) is 18.2 Å². The Balaban J connectivity index is 2.86. The molecule has 17 heavy (non-hydrogen) atoms. The summed E-state index contributed by atoms with van der Waals surface area (Å²) in [6.07, 6.45) is 0. The lowest BCUT2D eigenvalue weighted by Gasteiger charge is -2.12. The van der Waals surface area contributed by atoms with E-state index in [1.54, 1.807) is 0 Å². The molecule has 1 aromatic rings. The quantitative estimate of drug-likeness (QED) is 0.710. The largest absolute Gasteiger partial charge is 0.480 e. The van der Waals surface area contributed by atoms with E-state index in [4.69, 9.17) is 5.11 Å². The smallest absolute Gasteiger partial charge is 0.327 e. The summed E-state index contributed by atoms with van der Waals surface area (Å²) >= 11 is 3.73. The van der Waals surface area contributed by atoms with Crippen molar-refractivity contribution >= 4 is 24.5 Å². The monoisotopic (exact) mass is 261 g/mol. The van der Waals surface area contributed by atoms with Gasteiger partial charge in [0.25, 0.3) is 5.91 Å². The molecule has 0 aliphatic carbocycles. The van der Waals surface area contributed by atoms with Crippen LogP contribution >= 0.6 is 12.6 Å². The number of carboxylic acids is 1. The third-order valence-electron chi connectivity index (χ3n) is 1.96. The van der Waals surface area contributed by atoms with E-state index in [9.17, 15) is 18.4 Å². The predicted octanol–water partition coefficient (Wildman–Crippen LogP) is 1.08. The van der Waals surface area contributed by atoms with Crippen molar-refractivity contribution in [2.75, 3.05) is 5.75 Å². The van der Waals surface area contributed by atoms with Crippen LogP contribution < -0.4 is 5.32 Å². The molecule has 0 aromatic heterocycles. The highest BCUT2D eigenvalue weighted by Gasteiger charge is 2.20. The number of halogens is 2. The average Bonchev–Trinajstić information content (AvgIpc) is 2.24. The van der Waals surface area contributed by atoms with Crippen molar-refractivity contribution in [3.05, 3.63) is 35.4 Å². The molecule has 0 fully saturated rings. The Bertz CT molecular complexity index is 453. The predicted molar refractivity (Wildman–Crippen MR) is 59.1 cm³/mol. The summed E-state index contributed by atoms with van der Waals surface area (Å²) in [6.45, 7) is 0. The van der Waals surface area contributed by atoms with Crippen molar-refractivity contribution in [1.82, 2.24) is 5.32 Å². The van der Waals surface area contributed by atoms with Crippen LogP contribution in [0.25, 0.3) is 0 Å². The molecule has 0 aliphatic rings. The van der Waals surface area contributed by atoms with Crippen LogP contribution in [-0.2, 0) is 4.79 Å². The van der Waals surface area contributed by atoms with Crippen LogP contribution in [0.1, 0.15) is 10.4 Å². The minimum absolute atomic E-state index is 0.135. The molecule has 7 heteroatoms. The first-order valence-corrected chi connectivity index (χ1v) is 5.18. The lowest BCUT2D eigenvalue weighted by Crippen LogP contribution is -2.42. The fourth-order valence-corrected chi connectivity index (χ4v) is 1.34. The zero-order chi connectivity index (χ0) is 13.0. The number of carbonyl (C=O) groups is 2. The van der Waals surface area contributed by atoms with Crippen LogP contribution in [0.5, 0.6) is 0 Å². The second-order valence-electron chi connectivity index (χ2n) is 3.17. The van der Waals surface area contributed by atoms with Crippen LogP contribution in [0, 0.1) is 11.6 Å². The highest BCUT2D eigenvalue weighted by molar-refractivity contribution is 7.80. The fraction of sp³-hybridized carbons (Fsp3) is 0.200. The summed E-state index contributed by atoms with van der Waals surface area (Å²) < 4.78 is 25.8. The van der Waals surface area contributed by atoms with Crippen molar-refractivity contribution in [3.63, 3.8) is 0 Å². The van der Waals surface area contributed by atoms with E-state index in [-0.39, 0.29) is 5.75 Å². The van der Waals surface area contributed by atoms with Crippen LogP contribution in [0.3, 0.4) is 0 Å². The molecule has 0 radical (unpaired) electrons. The Hall–Kier alpha value is -1.63. The number of hydrogen-bond acceptors (Lipinski definition) is 3. The van der Waals surface area contributed by atoms with E-state index in [1.807, 2.05) is 0 Å². The maximum atomic E-state index is 13.2. The molecule has 1 rings (SSSR count). The van der Waals surface area contributed by atoms with Gasteiger partial charge in [0.2, 0.25) is 0 Å². The molecule has 0 saturated heterocycles. The van der Waals surface area contributed by atoms with Crippen molar-refractivity contribution in [3.8, 4) is 0 Å². The van der Waals surface area contributed by atoms with E-state index < -0.39 is 35.1 Å². The Kier molecular flexibility index (Phi) is 4.45. The summed E-state index contributed by atoms with van der Waals surface area (Å²) in [5, 5.41) is 10.7. The molecule has 0 bridgehead atoms. The summed E-state index contributed by atoms with van der Waals surface area (Å²) in [7, 11) is 0. The highest BCUT2D eigenvalue weighted by atomic mass is 32.1. The van der Waals surface area contributed by atoms with Crippen LogP contribution in [-0.4, -0.2) is 28.8 Å². The summed E-state index contributed by atoms with van der Waals surface area (Å²) in [5.41, 5.74) is -0.417. The molecule has 1 amide bonds. The van der Waals surface area contributed by atoms with Gasteiger partial charge in [0, 0.05) is 11.8 Å². The lowest BCUT2D eigenvalue weighted by atomic mass is 10.2. The summed E-state index contributed by atoms with van der Waals surface area (Å²) in [4.78, 5) is 22.1. The maximum absolute atomic E-state index is 13.2. The summed E-state index contributed by atoms with van der Waals surface area (Å²) in [5.74, 6) is -4.21. The molecule has 1 unspecified atom stereocenters. The van der Waals surface area contributed by atoms with Gasteiger partial charge < -0.3 is 10.4 Å². The molecule has 1 aromatic carbocycles. The van der Waals surface area contributed by atoms with E-state index in [0.29, 0.717) is 6.07 Å². The van der Waals surface area contributed by atoms with Crippen LogP contribution in [0.4, 0.5) is 8.78 Å². The van der Waals surface area contributed by atoms with Crippen molar-refractivity contribution in [1.29, 1.82) is 0 Å². The Labute approximate surface area is 101 Å². The zero-order valence-corrected chi connectivity index (χ0v) is 9.38. The zero-order valence-electron chi connectivity index (χ0n) is 8.48. The minimum Gasteiger partial charge on any atom is -0.480 e. The molecule has 0 spiro atoms. The number of carboxylic acid groups (broad SMARTS) is 1. The first-order valence-electron chi connectivity index (χ1n) is 4.55. The van der Waals surface area contributed by atoms with Gasteiger partial charge in [-0.2, -0.15) is 12.6 Å². The van der Waals surface area contributed by atoms with Gasteiger partial charge in [0.1, 0.15) is 17.7 Å². The van der Waals surface area contributed by atoms with Gasteiger partial charge in [-0.3, -0.25) is 4.79 Å². The molecule has 0 saturated carbocycles. The molecule has 1 atom stereocenters. The van der Waals surface area contributed by atoms with Crippen molar-refractivity contribution < 1.29 is 23.5 Å². The normalized spacial score (nSPS) is 11.9. The SMILES string of the molecule is O=C(NC(CS)C(=O)O)c1ccc(F)cc1F. The number of thiol groups is 1. The van der Waals surface area contributed by atoms with Gasteiger partial charge in [0.05, 0.1) is 5.56 Å². The Morgan fingerprint density at radius 1 is 1.41 bits per heavy atom. The number of nitrogens with one attached hydrogen (secondary N) is 1. The van der Waals surface area contributed by atoms with Crippen molar-refractivity contribution in [2.24, 2.45) is 0 Å². The van der Waals surface area contributed by atoms with Gasteiger partial charge in [-0.15, -0.1) is 0 Å². The van der Waals surface area contributed by atoms with Gasteiger partial charge >= 0.3 is 5.97 Å². The van der Waals surface area contributed by atoms with Gasteiger partial charge in [-0.1, -0.05) is 0 Å². The topological polar surface area (TPSA) is 66.4 Å². The standard InChI is InChI=1S/C10H9F2NO3S/c11-5-1-2-6(7(12)3-5)9(14)13-8(4-17)10(15)16/h1-3,8,17H,4H2,(H,13,14)(H,15,16). The fourth-order valence-electron chi connectivity index (χ4n) is 1.10. The Morgan fingerprint density at radius 3 is 2.53 bits per heavy atom.